The SMILES string of the molecule is Cc1cccc(-n2c(SCC(=O)Nc3ccccc3Cl)nc3ccsc3c2=O)c1C. The first-order valence-corrected chi connectivity index (χ1v) is 11.4. The zero-order valence-corrected chi connectivity index (χ0v) is 18.7. The van der Waals surface area contributed by atoms with Gasteiger partial charge >= 0.3 is 0 Å². The highest BCUT2D eigenvalue weighted by atomic mass is 35.5. The monoisotopic (exact) mass is 455 g/mol. The summed E-state index contributed by atoms with van der Waals surface area (Å²) >= 11 is 8.71. The van der Waals surface area contributed by atoms with Crippen LogP contribution in [0.4, 0.5) is 5.69 Å². The van der Waals surface area contributed by atoms with Crippen molar-refractivity contribution < 1.29 is 4.79 Å². The maximum atomic E-state index is 13.3. The van der Waals surface area contributed by atoms with E-state index < -0.39 is 0 Å². The molecule has 0 spiro atoms. The number of para-hydroxylation sites is 1. The second kappa shape index (κ2) is 8.63. The molecule has 152 valence electrons. The van der Waals surface area contributed by atoms with Crippen molar-refractivity contribution in [3.05, 3.63) is 80.4 Å². The summed E-state index contributed by atoms with van der Waals surface area (Å²) in [7, 11) is 0. The van der Waals surface area contributed by atoms with Gasteiger partial charge in [-0.3, -0.25) is 14.2 Å². The molecule has 0 saturated heterocycles. The van der Waals surface area contributed by atoms with E-state index in [9.17, 15) is 9.59 Å². The Bertz CT molecular complexity index is 1310. The van der Waals surface area contributed by atoms with Crippen LogP contribution in [-0.4, -0.2) is 21.2 Å². The van der Waals surface area contributed by atoms with E-state index in [-0.39, 0.29) is 17.2 Å². The molecule has 0 fully saturated rings. The average Bonchev–Trinajstić information content (AvgIpc) is 3.20. The number of carbonyl (C=O) groups is 1. The van der Waals surface area contributed by atoms with Crippen molar-refractivity contribution in [1.29, 1.82) is 0 Å². The van der Waals surface area contributed by atoms with Crippen LogP contribution in [0.15, 0.2) is 63.9 Å². The van der Waals surface area contributed by atoms with Gasteiger partial charge in [-0.05, 0) is 54.6 Å². The molecule has 2 aromatic carbocycles. The number of amides is 1. The molecule has 30 heavy (non-hydrogen) atoms. The van der Waals surface area contributed by atoms with Gasteiger partial charge in [0.25, 0.3) is 5.56 Å². The van der Waals surface area contributed by atoms with Crippen molar-refractivity contribution in [1.82, 2.24) is 9.55 Å². The largest absolute Gasteiger partial charge is 0.324 e. The number of aromatic nitrogens is 2. The summed E-state index contributed by atoms with van der Waals surface area (Å²) in [6, 6.07) is 14.7. The number of aryl methyl sites for hydroxylation is 1. The predicted octanol–water partition coefficient (Wildman–Crippen LogP) is 5.45. The van der Waals surface area contributed by atoms with Crippen LogP contribution in [0.5, 0.6) is 0 Å². The Kier molecular flexibility index (Phi) is 5.94. The third kappa shape index (κ3) is 4.01. The zero-order valence-electron chi connectivity index (χ0n) is 16.3. The molecule has 2 aromatic heterocycles. The average molecular weight is 456 g/mol. The van der Waals surface area contributed by atoms with Crippen molar-refractivity contribution in [2.45, 2.75) is 19.0 Å². The summed E-state index contributed by atoms with van der Waals surface area (Å²) in [6.07, 6.45) is 0. The molecule has 0 unspecified atom stereocenters. The Hall–Kier alpha value is -2.61. The lowest BCUT2D eigenvalue weighted by Gasteiger charge is -2.15. The number of benzene rings is 2. The highest BCUT2D eigenvalue weighted by Gasteiger charge is 2.17. The molecule has 0 aliphatic heterocycles. The minimum absolute atomic E-state index is 0.0954. The minimum Gasteiger partial charge on any atom is -0.324 e. The van der Waals surface area contributed by atoms with Crippen LogP contribution in [0.2, 0.25) is 5.02 Å². The van der Waals surface area contributed by atoms with Gasteiger partial charge < -0.3 is 5.32 Å². The van der Waals surface area contributed by atoms with Crippen molar-refractivity contribution in [3.63, 3.8) is 0 Å². The summed E-state index contributed by atoms with van der Waals surface area (Å²) in [4.78, 5) is 30.4. The molecule has 4 aromatic rings. The Labute approximate surface area is 186 Å². The van der Waals surface area contributed by atoms with Crippen LogP contribution < -0.4 is 10.9 Å². The van der Waals surface area contributed by atoms with Gasteiger partial charge in [0.15, 0.2) is 5.16 Å². The van der Waals surface area contributed by atoms with E-state index in [2.05, 4.69) is 10.3 Å². The smallest absolute Gasteiger partial charge is 0.276 e. The lowest BCUT2D eigenvalue weighted by Crippen LogP contribution is -2.23. The fourth-order valence-electron chi connectivity index (χ4n) is 3.06. The topological polar surface area (TPSA) is 64.0 Å². The molecule has 0 atom stereocenters. The lowest BCUT2D eigenvalue weighted by molar-refractivity contribution is -0.113. The molecule has 0 saturated carbocycles. The maximum Gasteiger partial charge on any atom is 0.276 e. The number of thioether (sulfide) groups is 1. The van der Waals surface area contributed by atoms with Gasteiger partial charge in [-0.25, -0.2) is 4.98 Å². The van der Waals surface area contributed by atoms with Gasteiger partial charge in [-0.2, -0.15) is 0 Å². The molecule has 0 aliphatic rings. The summed E-state index contributed by atoms with van der Waals surface area (Å²) in [6.45, 7) is 3.99. The molecule has 8 heteroatoms. The Balaban J connectivity index is 1.70. The first kappa shape index (κ1) is 20.7. The quantitative estimate of drug-likeness (QED) is 0.321. The summed E-state index contributed by atoms with van der Waals surface area (Å²) < 4.78 is 2.20. The van der Waals surface area contributed by atoms with Crippen molar-refractivity contribution in [3.8, 4) is 5.69 Å². The van der Waals surface area contributed by atoms with Crippen LogP contribution in [0.1, 0.15) is 11.1 Å². The number of hydrogen-bond acceptors (Lipinski definition) is 5. The van der Waals surface area contributed by atoms with Crippen LogP contribution in [-0.2, 0) is 4.79 Å². The predicted molar refractivity (Wildman–Crippen MR) is 125 cm³/mol. The van der Waals surface area contributed by atoms with Crippen molar-refractivity contribution in [2.75, 3.05) is 11.1 Å². The highest BCUT2D eigenvalue weighted by molar-refractivity contribution is 7.99. The first-order chi connectivity index (χ1) is 14.5. The number of halogens is 1. The molecule has 0 aliphatic carbocycles. The van der Waals surface area contributed by atoms with Gasteiger partial charge in [0.05, 0.1) is 27.7 Å². The van der Waals surface area contributed by atoms with E-state index in [0.29, 0.717) is 26.1 Å². The molecule has 2 heterocycles. The molecule has 4 rings (SSSR count). The number of nitrogens with one attached hydrogen (secondary N) is 1. The zero-order chi connectivity index (χ0) is 21.3. The maximum absolute atomic E-state index is 13.3. The standard InChI is InChI=1S/C22H18ClN3O2S2/c1-13-6-5-9-18(14(13)2)26-21(28)20-17(10-11-29-20)25-22(26)30-12-19(27)24-16-8-4-3-7-15(16)23/h3-11H,12H2,1-2H3,(H,24,27). The number of nitrogens with zero attached hydrogens (tertiary/aromatic N) is 2. The highest BCUT2D eigenvalue weighted by Crippen LogP contribution is 2.27. The lowest BCUT2D eigenvalue weighted by atomic mass is 10.1. The molecule has 1 N–H and O–H groups in total. The normalized spacial score (nSPS) is 11.0. The Morgan fingerprint density at radius 1 is 1.17 bits per heavy atom. The van der Waals surface area contributed by atoms with Gasteiger partial charge in [-0.1, -0.05) is 47.6 Å². The van der Waals surface area contributed by atoms with E-state index in [1.807, 2.05) is 43.5 Å². The fourth-order valence-corrected chi connectivity index (χ4v) is 4.81. The molecule has 0 radical (unpaired) electrons. The fraction of sp³-hybridized carbons (Fsp3) is 0.136. The summed E-state index contributed by atoms with van der Waals surface area (Å²) in [5.41, 5.74) is 3.92. The van der Waals surface area contributed by atoms with Crippen LogP contribution in [0, 0.1) is 13.8 Å². The molecule has 5 nitrogen and oxygen atoms in total. The third-order valence-electron chi connectivity index (χ3n) is 4.75. The van der Waals surface area contributed by atoms with Crippen LogP contribution in [0.3, 0.4) is 0 Å². The van der Waals surface area contributed by atoms with E-state index in [4.69, 9.17) is 11.6 Å². The van der Waals surface area contributed by atoms with Gasteiger partial charge in [-0.15, -0.1) is 11.3 Å². The molecule has 0 bridgehead atoms. The molecular weight excluding hydrogens is 438 g/mol. The minimum atomic E-state index is -0.222. The second-order valence-corrected chi connectivity index (χ2v) is 8.97. The van der Waals surface area contributed by atoms with Gasteiger partial charge in [0.1, 0.15) is 4.70 Å². The van der Waals surface area contributed by atoms with Crippen LogP contribution >= 0.6 is 34.7 Å². The third-order valence-corrected chi connectivity index (χ3v) is 6.91. The first-order valence-electron chi connectivity index (χ1n) is 9.19. The van der Waals surface area contributed by atoms with E-state index >= 15 is 0 Å². The summed E-state index contributed by atoms with van der Waals surface area (Å²) in [5.74, 6) is -0.127. The number of fused-ring (bicyclic) bond motifs is 1. The number of carbonyl (C=O) groups excluding carboxylic acids is 1. The molecular formula is C22H18ClN3O2S2. The van der Waals surface area contributed by atoms with E-state index in [1.165, 1.54) is 23.1 Å². The van der Waals surface area contributed by atoms with Crippen molar-refractivity contribution >= 4 is 56.5 Å². The Morgan fingerprint density at radius 2 is 1.97 bits per heavy atom. The molecule has 1 amide bonds. The van der Waals surface area contributed by atoms with Crippen LogP contribution in [0.25, 0.3) is 15.9 Å². The van der Waals surface area contributed by atoms with E-state index in [0.717, 1.165) is 16.8 Å². The number of hydrogen-bond donors (Lipinski definition) is 1. The Morgan fingerprint density at radius 3 is 2.77 bits per heavy atom. The van der Waals surface area contributed by atoms with Gasteiger partial charge in [0.2, 0.25) is 5.91 Å². The van der Waals surface area contributed by atoms with E-state index in [1.54, 1.807) is 28.8 Å². The summed E-state index contributed by atoms with van der Waals surface area (Å²) in [5, 5.41) is 5.61. The second-order valence-electron chi connectivity index (χ2n) is 6.71. The number of rotatable bonds is 5. The van der Waals surface area contributed by atoms with Gasteiger partial charge in [0, 0.05) is 0 Å². The van der Waals surface area contributed by atoms with Crippen molar-refractivity contribution in [2.24, 2.45) is 0 Å². The number of thiophene rings is 1. The number of anilines is 1.